The van der Waals surface area contributed by atoms with Crippen molar-refractivity contribution < 1.29 is 36.1 Å². The molecule has 190 valence electrons. The van der Waals surface area contributed by atoms with E-state index in [1.165, 1.54) is 54.6 Å². The SMILES string of the molecule is CCOc1cc(/C=C2/C(=O)NC(=O)N(c3ccccc3F)C2=O)ccc1OS(=O)(=O)c1ccc(C)cc1. The first-order valence-corrected chi connectivity index (χ1v) is 12.5. The first-order chi connectivity index (χ1) is 17.6. The number of hydrogen-bond donors (Lipinski definition) is 1. The van der Waals surface area contributed by atoms with E-state index in [0.717, 1.165) is 11.6 Å². The van der Waals surface area contributed by atoms with Crippen molar-refractivity contribution in [2.24, 2.45) is 0 Å². The quantitative estimate of drug-likeness (QED) is 0.282. The van der Waals surface area contributed by atoms with E-state index in [2.05, 4.69) is 0 Å². The molecule has 0 aromatic heterocycles. The van der Waals surface area contributed by atoms with Crippen LogP contribution in [0.1, 0.15) is 18.1 Å². The summed E-state index contributed by atoms with van der Waals surface area (Å²) in [6.45, 7) is 3.66. The van der Waals surface area contributed by atoms with E-state index in [0.29, 0.717) is 4.90 Å². The molecule has 11 heteroatoms. The number of aryl methyl sites for hydroxylation is 1. The second kappa shape index (κ2) is 10.2. The average Bonchev–Trinajstić information content (AvgIpc) is 2.84. The lowest BCUT2D eigenvalue weighted by Crippen LogP contribution is -2.54. The van der Waals surface area contributed by atoms with E-state index < -0.39 is 39.4 Å². The summed E-state index contributed by atoms with van der Waals surface area (Å²) < 4.78 is 50.5. The van der Waals surface area contributed by atoms with Crippen molar-refractivity contribution in [1.82, 2.24) is 5.32 Å². The second-order valence-corrected chi connectivity index (χ2v) is 9.45. The summed E-state index contributed by atoms with van der Waals surface area (Å²) in [5.74, 6) is -2.89. The Morgan fingerprint density at radius 2 is 1.68 bits per heavy atom. The minimum atomic E-state index is -4.17. The Hall–Kier alpha value is -4.51. The first kappa shape index (κ1) is 25.6. The van der Waals surface area contributed by atoms with Crippen molar-refractivity contribution in [3.8, 4) is 11.5 Å². The topological polar surface area (TPSA) is 119 Å². The highest BCUT2D eigenvalue weighted by Crippen LogP contribution is 2.33. The van der Waals surface area contributed by atoms with Gasteiger partial charge in [0.05, 0.1) is 12.3 Å². The Morgan fingerprint density at radius 3 is 2.35 bits per heavy atom. The molecule has 1 aliphatic heterocycles. The van der Waals surface area contributed by atoms with Gasteiger partial charge in [-0.3, -0.25) is 14.9 Å². The molecule has 0 bridgehead atoms. The van der Waals surface area contributed by atoms with Gasteiger partial charge in [-0.1, -0.05) is 35.9 Å². The lowest BCUT2D eigenvalue weighted by atomic mass is 10.1. The number of rotatable bonds is 7. The maximum atomic E-state index is 14.3. The number of nitrogens with zero attached hydrogens (tertiary/aromatic N) is 1. The van der Waals surface area contributed by atoms with Gasteiger partial charge in [-0.05, 0) is 61.9 Å². The number of amides is 4. The van der Waals surface area contributed by atoms with Crippen LogP contribution in [0.15, 0.2) is 77.2 Å². The van der Waals surface area contributed by atoms with Crippen LogP contribution >= 0.6 is 0 Å². The number of halogens is 1. The van der Waals surface area contributed by atoms with Gasteiger partial charge in [0.2, 0.25) is 0 Å². The Bertz CT molecular complexity index is 1530. The molecule has 0 atom stereocenters. The molecule has 3 aromatic carbocycles. The fourth-order valence-corrected chi connectivity index (χ4v) is 4.44. The minimum absolute atomic E-state index is 0.0400. The van der Waals surface area contributed by atoms with Gasteiger partial charge in [0.15, 0.2) is 11.5 Å². The minimum Gasteiger partial charge on any atom is -0.490 e. The van der Waals surface area contributed by atoms with Gasteiger partial charge in [0.25, 0.3) is 11.8 Å². The van der Waals surface area contributed by atoms with Gasteiger partial charge < -0.3 is 8.92 Å². The molecule has 4 rings (SSSR count). The zero-order valence-corrected chi connectivity index (χ0v) is 20.5. The number of carbonyl (C=O) groups excluding carboxylic acids is 3. The maximum Gasteiger partial charge on any atom is 0.339 e. The first-order valence-electron chi connectivity index (χ1n) is 11.0. The van der Waals surface area contributed by atoms with Gasteiger partial charge in [-0.15, -0.1) is 0 Å². The predicted octanol–water partition coefficient (Wildman–Crippen LogP) is 3.97. The molecule has 0 saturated carbocycles. The normalized spacial score (nSPS) is 15.1. The highest BCUT2D eigenvalue weighted by atomic mass is 32.2. The molecule has 9 nitrogen and oxygen atoms in total. The highest BCUT2D eigenvalue weighted by molar-refractivity contribution is 7.87. The Balaban J connectivity index is 1.68. The fourth-order valence-electron chi connectivity index (χ4n) is 3.50. The van der Waals surface area contributed by atoms with Crippen LogP contribution in [0.4, 0.5) is 14.9 Å². The predicted molar refractivity (Wildman–Crippen MR) is 132 cm³/mol. The van der Waals surface area contributed by atoms with E-state index in [1.54, 1.807) is 19.1 Å². The van der Waals surface area contributed by atoms with Gasteiger partial charge in [0.1, 0.15) is 16.3 Å². The third-order valence-corrected chi connectivity index (χ3v) is 6.53. The van der Waals surface area contributed by atoms with Crippen LogP contribution < -0.4 is 19.1 Å². The number of carbonyl (C=O) groups is 3. The van der Waals surface area contributed by atoms with Crippen molar-refractivity contribution in [3.05, 3.63) is 89.2 Å². The zero-order chi connectivity index (χ0) is 26.7. The summed E-state index contributed by atoms with van der Waals surface area (Å²) in [6.07, 6.45) is 1.18. The zero-order valence-electron chi connectivity index (χ0n) is 19.7. The molecule has 0 unspecified atom stereocenters. The third kappa shape index (κ3) is 5.36. The fraction of sp³-hybridized carbons (Fsp3) is 0.115. The summed E-state index contributed by atoms with van der Waals surface area (Å²) in [4.78, 5) is 38.3. The average molecular weight is 525 g/mol. The molecule has 1 fully saturated rings. The summed E-state index contributed by atoms with van der Waals surface area (Å²) in [6, 6.07) is 14.3. The van der Waals surface area contributed by atoms with Crippen LogP contribution in [0.25, 0.3) is 6.08 Å². The monoisotopic (exact) mass is 524 g/mol. The van der Waals surface area contributed by atoms with E-state index in [1.807, 2.05) is 12.2 Å². The van der Waals surface area contributed by atoms with E-state index in [4.69, 9.17) is 8.92 Å². The van der Waals surface area contributed by atoms with Gasteiger partial charge in [-0.25, -0.2) is 14.1 Å². The lowest BCUT2D eigenvalue weighted by molar-refractivity contribution is -0.122. The largest absolute Gasteiger partial charge is 0.490 e. The third-order valence-electron chi connectivity index (χ3n) is 5.28. The second-order valence-electron chi connectivity index (χ2n) is 7.90. The van der Waals surface area contributed by atoms with Crippen molar-refractivity contribution in [3.63, 3.8) is 0 Å². The molecule has 0 spiro atoms. The Kier molecular flexibility index (Phi) is 7.07. The molecule has 1 N–H and O–H groups in total. The standard InChI is InChI=1S/C26H21FN2O7S/c1-3-35-23-15-17(10-13-22(23)36-37(33,34)18-11-8-16(2)9-12-18)14-19-24(30)28-26(32)29(25(19)31)21-7-5-4-6-20(21)27/h4-15H,3H2,1-2H3,(H,28,30,32)/b19-14-. The number of para-hydroxylation sites is 1. The van der Waals surface area contributed by atoms with E-state index >= 15 is 0 Å². The number of ether oxygens (including phenoxy) is 1. The van der Waals surface area contributed by atoms with E-state index in [-0.39, 0.29) is 34.3 Å². The molecular weight excluding hydrogens is 503 g/mol. The highest BCUT2D eigenvalue weighted by Gasteiger charge is 2.38. The summed E-state index contributed by atoms with van der Waals surface area (Å²) >= 11 is 0. The van der Waals surface area contributed by atoms with Gasteiger partial charge >= 0.3 is 16.1 Å². The summed E-state index contributed by atoms with van der Waals surface area (Å²) in [5.41, 5.74) is 0.391. The number of nitrogens with one attached hydrogen (secondary N) is 1. The van der Waals surface area contributed by atoms with Crippen LogP contribution in [-0.4, -0.2) is 32.9 Å². The van der Waals surface area contributed by atoms with Crippen molar-refractivity contribution in [2.45, 2.75) is 18.7 Å². The lowest BCUT2D eigenvalue weighted by Gasteiger charge is -2.26. The van der Waals surface area contributed by atoms with Crippen molar-refractivity contribution in [2.75, 3.05) is 11.5 Å². The summed E-state index contributed by atoms with van der Waals surface area (Å²) in [7, 11) is -4.17. The molecule has 1 aliphatic rings. The Morgan fingerprint density at radius 1 is 0.973 bits per heavy atom. The van der Waals surface area contributed by atoms with Crippen LogP contribution in [0.2, 0.25) is 0 Å². The van der Waals surface area contributed by atoms with Crippen LogP contribution in [0.3, 0.4) is 0 Å². The van der Waals surface area contributed by atoms with Crippen molar-refractivity contribution in [1.29, 1.82) is 0 Å². The number of imide groups is 2. The van der Waals surface area contributed by atoms with E-state index in [9.17, 15) is 27.2 Å². The van der Waals surface area contributed by atoms with Gasteiger partial charge in [-0.2, -0.15) is 8.42 Å². The number of hydrogen-bond acceptors (Lipinski definition) is 7. The molecule has 4 amide bonds. The number of anilines is 1. The molecule has 0 radical (unpaired) electrons. The summed E-state index contributed by atoms with van der Waals surface area (Å²) in [5, 5.41) is 2.02. The molecular formula is C26H21FN2O7S. The molecule has 0 aliphatic carbocycles. The smallest absolute Gasteiger partial charge is 0.339 e. The Labute approximate surface area is 212 Å². The molecule has 1 saturated heterocycles. The number of benzene rings is 3. The molecule has 37 heavy (non-hydrogen) atoms. The molecule has 3 aromatic rings. The maximum absolute atomic E-state index is 14.3. The molecule has 1 heterocycles. The van der Waals surface area contributed by atoms with Gasteiger partial charge in [0, 0.05) is 0 Å². The van der Waals surface area contributed by atoms with Crippen LogP contribution in [0.5, 0.6) is 11.5 Å². The number of urea groups is 1. The van der Waals surface area contributed by atoms with Crippen molar-refractivity contribution >= 4 is 39.7 Å². The number of barbiturate groups is 1. The van der Waals surface area contributed by atoms with Crippen LogP contribution in [0, 0.1) is 12.7 Å². The van der Waals surface area contributed by atoms with Crippen LogP contribution in [-0.2, 0) is 19.7 Å².